The highest BCUT2D eigenvalue weighted by molar-refractivity contribution is 5.27. The molecule has 0 saturated heterocycles. The fraction of sp³-hybridized carbons (Fsp3) is 0.429. The van der Waals surface area contributed by atoms with Crippen molar-refractivity contribution in [3.8, 4) is 0 Å². The Balaban J connectivity index is 1.79. The van der Waals surface area contributed by atoms with Crippen molar-refractivity contribution >= 4 is 0 Å². The largest absolute Gasteiger partial charge is 0.310 e. The van der Waals surface area contributed by atoms with Crippen LogP contribution in [0.4, 0.5) is 0 Å². The van der Waals surface area contributed by atoms with Crippen LogP contribution < -0.4 is 5.32 Å². The summed E-state index contributed by atoms with van der Waals surface area (Å²) in [6, 6.07) is 11.4. The molecule has 0 aromatic heterocycles. The van der Waals surface area contributed by atoms with E-state index in [0.29, 0.717) is 6.04 Å². The van der Waals surface area contributed by atoms with Crippen molar-refractivity contribution in [2.45, 2.75) is 31.7 Å². The van der Waals surface area contributed by atoms with Gasteiger partial charge in [0.05, 0.1) is 0 Å². The molecule has 1 aromatic rings. The summed E-state index contributed by atoms with van der Waals surface area (Å²) in [7, 11) is 0. The van der Waals surface area contributed by atoms with Gasteiger partial charge in [-0.05, 0) is 18.4 Å². The summed E-state index contributed by atoms with van der Waals surface area (Å²) in [4.78, 5) is 0. The van der Waals surface area contributed by atoms with Crippen molar-refractivity contribution in [1.29, 1.82) is 0 Å². The van der Waals surface area contributed by atoms with Gasteiger partial charge in [0, 0.05) is 18.5 Å². The second-order valence-electron chi connectivity index (χ2n) is 4.34. The molecule has 1 saturated carbocycles. The van der Waals surface area contributed by atoms with Gasteiger partial charge >= 0.3 is 0 Å². The van der Waals surface area contributed by atoms with Gasteiger partial charge < -0.3 is 5.32 Å². The molecular formula is C14H19N. The highest BCUT2D eigenvalue weighted by Crippen LogP contribution is 2.40. The number of hydrogen-bond donors (Lipinski definition) is 1. The average Bonchev–Trinajstić information content (AvgIpc) is 3.06. The van der Waals surface area contributed by atoms with Gasteiger partial charge in [0.1, 0.15) is 0 Å². The van der Waals surface area contributed by atoms with Crippen LogP contribution in [0.1, 0.15) is 31.2 Å². The molecule has 0 spiro atoms. The summed E-state index contributed by atoms with van der Waals surface area (Å²) in [5, 5.41) is 3.56. The number of hydrogen-bond acceptors (Lipinski definition) is 1. The monoisotopic (exact) mass is 201 g/mol. The Bertz CT molecular complexity index is 328. The topological polar surface area (TPSA) is 12.0 Å². The first-order valence-corrected chi connectivity index (χ1v) is 5.76. The van der Waals surface area contributed by atoms with Crippen molar-refractivity contribution in [3.63, 3.8) is 0 Å². The van der Waals surface area contributed by atoms with Gasteiger partial charge in [-0.1, -0.05) is 49.4 Å². The zero-order chi connectivity index (χ0) is 10.7. The van der Waals surface area contributed by atoms with E-state index < -0.39 is 0 Å². The maximum atomic E-state index is 4.01. The maximum Gasteiger partial charge on any atom is 0.0164 e. The zero-order valence-electron chi connectivity index (χ0n) is 9.37. The minimum atomic E-state index is 0.677. The zero-order valence-corrected chi connectivity index (χ0v) is 9.37. The van der Waals surface area contributed by atoms with E-state index in [1.165, 1.54) is 17.6 Å². The fourth-order valence-electron chi connectivity index (χ4n) is 1.89. The fourth-order valence-corrected chi connectivity index (χ4v) is 1.89. The van der Waals surface area contributed by atoms with Crippen LogP contribution in [0.5, 0.6) is 0 Å². The van der Waals surface area contributed by atoms with Gasteiger partial charge in [-0.15, -0.1) is 0 Å². The first kappa shape index (κ1) is 10.4. The molecule has 15 heavy (non-hydrogen) atoms. The molecule has 1 aliphatic carbocycles. The maximum absolute atomic E-state index is 4.01. The predicted octanol–water partition coefficient (Wildman–Crippen LogP) is 3.10. The normalized spacial score (nSPS) is 23.8. The van der Waals surface area contributed by atoms with E-state index in [4.69, 9.17) is 0 Å². The molecule has 1 nitrogen and oxygen atoms in total. The molecule has 1 N–H and O–H groups in total. The van der Waals surface area contributed by atoms with Crippen molar-refractivity contribution < 1.29 is 0 Å². The van der Waals surface area contributed by atoms with Gasteiger partial charge in [-0.2, -0.15) is 0 Å². The van der Waals surface area contributed by atoms with Crippen LogP contribution in [-0.4, -0.2) is 12.6 Å². The molecule has 0 bridgehead atoms. The number of benzene rings is 1. The molecule has 0 heterocycles. The molecule has 0 amide bonds. The van der Waals surface area contributed by atoms with Crippen molar-refractivity contribution in [2.24, 2.45) is 0 Å². The molecule has 80 valence electrons. The van der Waals surface area contributed by atoms with Gasteiger partial charge in [-0.25, -0.2) is 0 Å². The van der Waals surface area contributed by atoms with Crippen LogP contribution in [0.2, 0.25) is 0 Å². The third-order valence-corrected chi connectivity index (χ3v) is 3.13. The Kier molecular flexibility index (Phi) is 3.22. The molecule has 2 unspecified atom stereocenters. The summed E-state index contributed by atoms with van der Waals surface area (Å²) in [5.74, 6) is 0.732. The second-order valence-corrected chi connectivity index (χ2v) is 4.34. The Morgan fingerprint density at radius 1 is 1.40 bits per heavy atom. The molecule has 1 aliphatic rings. The van der Waals surface area contributed by atoms with Gasteiger partial charge in [0.15, 0.2) is 0 Å². The third kappa shape index (κ3) is 2.69. The predicted molar refractivity (Wildman–Crippen MR) is 65.0 cm³/mol. The lowest BCUT2D eigenvalue weighted by molar-refractivity contribution is 0.705. The van der Waals surface area contributed by atoms with Gasteiger partial charge in [0.25, 0.3) is 0 Å². The lowest BCUT2D eigenvalue weighted by atomic mass is 10.1. The minimum absolute atomic E-state index is 0.677. The van der Waals surface area contributed by atoms with E-state index in [0.717, 1.165) is 18.9 Å². The summed E-state index contributed by atoms with van der Waals surface area (Å²) >= 11 is 0. The number of nitrogens with one attached hydrogen (secondary N) is 1. The second kappa shape index (κ2) is 4.63. The highest BCUT2D eigenvalue weighted by atomic mass is 15.0. The lowest BCUT2D eigenvalue weighted by Crippen LogP contribution is -2.20. The Hall–Kier alpha value is -1.08. The van der Waals surface area contributed by atoms with Crippen molar-refractivity contribution in [2.75, 3.05) is 6.54 Å². The third-order valence-electron chi connectivity index (χ3n) is 3.13. The van der Waals surface area contributed by atoms with E-state index in [2.05, 4.69) is 49.2 Å². The SMILES string of the molecule is C=C(CC)CNC1CC1c1ccccc1. The molecule has 2 atom stereocenters. The standard InChI is InChI=1S/C14H19N/c1-3-11(2)10-15-14-9-13(14)12-7-5-4-6-8-12/h4-8,13-15H,2-3,9-10H2,1H3. The van der Waals surface area contributed by atoms with E-state index >= 15 is 0 Å². The summed E-state index contributed by atoms with van der Waals surface area (Å²) in [6.07, 6.45) is 2.36. The smallest absolute Gasteiger partial charge is 0.0164 e. The minimum Gasteiger partial charge on any atom is -0.310 e. The van der Waals surface area contributed by atoms with E-state index in [-0.39, 0.29) is 0 Å². The summed E-state index contributed by atoms with van der Waals surface area (Å²) in [5.41, 5.74) is 2.77. The van der Waals surface area contributed by atoms with E-state index in [9.17, 15) is 0 Å². The average molecular weight is 201 g/mol. The molecule has 0 aliphatic heterocycles. The Morgan fingerprint density at radius 3 is 2.80 bits per heavy atom. The first-order chi connectivity index (χ1) is 7.31. The molecule has 2 rings (SSSR count). The van der Waals surface area contributed by atoms with Crippen molar-refractivity contribution in [3.05, 3.63) is 48.0 Å². The first-order valence-electron chi connectivity index (χ1n) is 5.76. The Labute approximate surface area is 92.2 Å². The van der Waals surface area contributed by atoms with Crippen LogP contribution in [0.25, 0.3) is 0 Å². The molecule has 1 fully saturated rings. The van der Waals surface area contributed by atoms with Crippen LogP contribution in [0.3, 0.4) is 0 Å². The van der Waals surface area contributed by atoms with E-state index in [1.54, 1.807) is 0 Å². The molecule has 1 aromatic carbocycles. The van der Waals surface area contributed by atoms with E-state index in [1.807, 2.05) is 0 Å². The quantitative estimate of drug-likeness (QED) is 0.722. The summed E-state index contributed by atoms with van der Waals surface area (Å²) < 4.78 is 0. The van der Waals surface area contributed by atoms with Crippen LogP contribution >= 0.6 is 0 Å². The van der Waals surface area contributed by atoms with Crippen LogP contribution in [0, 0.1) is 0 Å². The molecule has 1 heteroatoms. The molecular weight excluding hydrogens is 182 g/mol. The molecule has 0 radical (unpaired) electrons. The van der Waals surface area contributed by atoms with Crippen LogP contribution in [-0.2, 0) is 0 Å². The van der Waals surface area contributed by atoms with Crippen molar-refractivity contribution in [1.82, 2.24) is 5.32 Å². The van der Waals surface area contributed by atoms with Gasteiger partial charge in [0.2, 0.25) is 0 Å². The lowest BCUT2D eigenvalue weighted by Gasteiger charge is -2.05. The summed E-state index contributed by atoms with van der Waals surface area (Å²) in [6.45, 7) is 7.14. The van der Waals surface area contributed by atoms with Crippen LogP contribution in [0.15, 0.2) is 42.5 Å². The Morgan fingerprint density at radius 2 is 2.13 bits per heavy atom. The highest BCUT2D eigenvalue weighted by Gasteiger charge is 2.37. The number of rotatable bonds is 5. The van der Waals surface area contributed by atoms with Gasteiger partial charge in [-0.3, -0.25) is 0 Å².